The zero-order valence-corrected chi connectivity index (χ0v) is 17.8. The van der Waals surface area contributed by atoms with Crippen molar-refractivity contribution >= 4 is 29.0 Å². The molecule has 1 N–H and O–H groups in total. The molecule has 32 heavy (non-hydrogen) atoms. The van der Waals surface area contributed by atoms with Crippen LogP contribution in [0.25, 0.3) is 0 Å². The number of carbonyl (C=O) groups excluding carboxylic acids is 1. The Labute approximate surface area is 188 Å². The molecule has 1 aliphatic heterocycles. The largest absolute Gasteiger partial charge is 0.416 e. The Kier molecular flexibility index (Phi) is 5.69. The Morgan fingerprint density at radius 3 is 2.38 bits per heavy atom. The molecule has 3 aromatic carbocycles. The lowest BCUT2D eigenvalue weighted by Crippen LogP contribution is -2.38. The molecule has 4 rings (SSSR count). The molecule has 0 saturated heterocycles. The van der Waals surface area contributed by atoms with Crippen molar-refractivity contribution in [3.05, 3.63) is 101 Å². The lowest BCUT2D eigenvalue weighted by atomic mass is 9.76. The topological polar surface area (TPSA) is 44.7 Å². The number of hydrogen-bond acceptors (Lipinski definition) is 2. The SMILES string of the molecule is CC1(c2ccccc2)CN(C(=O)Nc2cccc(C(F)(F)F)c2)N=C1c1ccc(Cl)cc1. The Bertz CT molecular complexity index is 1160. The van der Waals surface area contributed by atoms with E-state index in [4.69, 9.17) is 11.6 Å². The zero-order valence-electron chi connectivity index (χ0n) is 17.0. The highest BCUT2D eigenvalue weighted by molar-refractivity contribution is 6.30. The average molecular weight is 458 g/mol. The van der Waals surface area contributed by atoms with E-state index in [0.29, 0.717) is 10.7 Å². The highest BCUT2D eigenvalue weighted by atomic mass is 35.5. The molecule has 164 valence electrons. The number of halogens is 4. The summed E-state index contributed by atoms with van der Waals surface area (Å²) >= 11 is 6.03. The van der Waals surface area contributed by atoms with Crippen molar-refractivity contribution in [2.75, 3.05) is 11.9 Å². The van der Waals surface area contributed by atoms with Crippen LogP contribution in [0.2, 0.25) is 5.02 Å². The van der Waals surface area contributed by atoms with Crippen LogP contribution in [0.3, 0.4) is 0 Å². The Balaban J connectivity index is 1.66. The summed E-state index contributed by atoms with van der Waals surface area (Å²) in [5.41, 5.74) is 1.01. The molecule has 0 bridgehead atoms. The molecule has 4 nitrogen and oxygen atoms in total. The molecule has 3 aromatic rings. The van der Waals surface area contributed by atoms with E-state index in [1.807, 2.05) is 49.4 Å². The Morgan fingerprint density at radius 1 is 1.03 bits per heavy atom. The van der Waals surface area contributed by atoms with E-state index >= 15 is 0 Å². The first kappa shape index (κ1) is 21.9. The average Bonchev–Trinajstić information content (AvgIpc) is 3.13. The van der Waals surface area contributed by atoms with Gasteiger partial charge in [-0.1, -0.05) is 60.1 Å². The van der Waals surface area contributed by atoms with Crippen LogP contribution >= 0.6 is 11.6 Å². The van der Waals surface area contributed by atoms with Crippen LogP contribution in [0.5, 0.6) is 0 Å². The van der Waals surface area contributed by atoms with Gasteiger partial charge < -0.3 is 5.32 Å². The number of urea groups is 1. The van der Waals surface area contributed by atoms with Crippen LogP contribution in [0.4, 0.5) is 23.7 Å². The molecular formula is C24H19ClF3N3O. The van der Waals surface area contributed by atoms with Gasteiger partial charge in [-0.2, -0.15) is 18.3 Å². The first-order valence-corrected chi connectivity index (χ1v) is 10.2. The summed E-state index contributed by atoms with van der Waals surface area (Å²) in [6.45, 7) is 2.20. The summed E-state index contributed by atoms with van der Waals surface area (Å²) in [5, 5.41) is 8.91. The quantitative estimate of drug-likeness (QED) is 0.475. The third-order valence-corrected chi connectivity index (χ3v) is 5.67. The molecule has 1 aliphatic rings. The van der Waals surface area contributed by atoms with Gasteiger partial charge >= 0.3 is 12.2 Å². The molecule has 0 aliphatic carbocycles. The standard InChI is InChI=1S/C24H19ClF3N3O/c1-23(17-6-3-2-4-7-17)15-31(30-21(23)16-10-12-19(25)13-11-16)22(32)29-20-9-5-8-18(14-20)24(26,27)28/h2-14H,15H2,1H3,(H,29,32). The van der Waals surface area contributed by atoms with Crippen molar-refractivity contribution in [2.45, 2.75) is 18.5 Å². The van der Waals surface area contributed by atoms with Crippen molar-refractivity contribution in [2.24, 2.45) is 5.10 Å². The van der Waals surface area contributed by atoms with Gasteiger partial charge in [0, 0.05) is 10.7 Å². The first-order valence-electron chi connectivity index (χ1n) is 9.83. The molecule has 0 aromatic heterocycles. The second-order valence-corrected chi connectivity index (χ2v) is 8.16. The van der Waals surface area contributed by atoms with Gasteiger partial charge in [0.2, 0.25) is 0 Å². The number of hydrogen-bond donors (Lipinski definition) is 1. The van der Waals surface area contributed by atoms with E-state index in [1.54, 1.807) is 12.1 Å². The molecule has 8 heteroatoms. The number of amides is 2. The third-order valence-electron chi connectivity index (χ3n) is 5.41. The van der Waals surface area contributed by atoms with Gasteiger partial charge in [0.15, 0.2) is 0 Å². The second kappa shape index (κ2) is 8.31. The molecule has 1 unspecified atom stereocenters. The minimum atomic E-state index is -4.50. The van der Waals surface area contributed by atoms with Gasteiger partial charge in [0.1, 0.15) is 0 Å². The van der Waals surface area contributed by atoms with Crippen molar-refractivity contribution < 1.29 is 18.0 Å². The normalized spacial score (nSPS) is 18.4. The lowest BCUT2D eigenvalue weighted by molar-refractivity contribution is -0.137. The predicted molar refractivity (Wildman–Crippen MR) is 119 cm³/mol. The van der Waals surface area contributed by atoms with Gasteiger partial charge in [0.25, 0.3) is 0 Å². The van der Waals surface area contributed by atoms with E-state index in [-0.39, 0.29) is 12.2 Å². The number of alkyl halides is 3. The molecular weight excluding hydrogens is 439 g/mol. The maximum absolute atomic E-state index is 13.0. The molecule has 0 fully saturated rings. The summed E-state index contributed by atoms with van der Waals surface area (Å²) in [6.07, 6.45) is -4.50. The maximum Gasteiger partial charge on any atom is 0.416 e. The highest BCUT2D eigenvalue weighted by Crippen LogP contribution is 2.36. The van der Waals surface area contributed by atoms with Crippen LogP contribution in [-0.4, -0.2) is 23.3 Å². The van der Waals surface area contributed by atoms with Crippen molar-refractivity contribution in [1.29, 1.82) is 0 Å². The number of rotatable bonds is 3. The first-order chi connectivity index (χ1) is 15.2. The Hall–Kier alpha value is -3.32. The monoisotopic (exact) mass is 457 g/mol. The van der Waals surface area contributed by atoms with Crippen LogP contribution in [0.1, 0.15) is 23.6 Å². The summed E-state index contributed by atoms with van der Waals surface area (Å²) in [7, 11) is 0. The van der Waals surface area contributed by atoms with Crippen molar-refractivity contribution in [3.63, 3.8) is 0 Å². The molecule has 0 saturated carbocycles. The second-order valence-electron chi connectivity index (χ2n) is 7.72. The number of carbonyl (C=O) groups is 1. The van der Waals surface area contributed by atoms with Crippen LogP contribution in [-0.2, 0) is 11.6 Å². The number of hydrazone groups is 1. The van der Waals surface area contributed by atoms with Crippen molar-refractivity contribution in [1.82, 2.24) is 5.01 Å². The number of anilines is 1. The summed E-state index contributed by atoms with van der Waals surface area (Å²) in [6, 6.07) is 20.7. The van der Waals surface area contributed by atoms with E-state index < -0.39 is 23.2 Å². The fraction of sp³-hybridized carbons (Fsp3) is 0.167. The van der Waals surface area contributed by atoms with Gasteiger partial charge in [0.05, 0.1) is 23.2 Å². The van der Waals surface area contributed by atoms with Gasteiger partial charge in [-0.15, -0.1) is 0 Å². The van der Waals surface area contributed by atoms with Crippen LogP contribution in [0.15, 0.2) is 84.0 Å². The number of nitrogens with zero attached hydrogens (tertiary/aromatic N) is 2. The summed E-state index contributed by atoms with van der Waals surface area (Å²) < 4.78 is 39.0. The zero-order chi connectivity index (χ0) is 22.9. The third kappa shape index (κ3) is 4.34. The van der Waals surface area contributed by atoms with Gasteiger partial charge in [-0.25, -0.2) is 9.80 Å². The van der Waals surface area contributed by atoms with E-state index in [9.17, 15) is 18.0 Å². The van der Waals surface area contributed by atoms with Crippen LogP contribution in [0, 0.1) is 0 Å². The lowest BCUT2D eigenvalue weighted by Gasteiger charge is -2.27. The van der Waals surface area contributed by atoms with E-state index in [1.165, 1.54) is 17.1 Å². The highest BCUT2D eigenvalue weighted by Gasteiger charge is 2.42. The molecule has 1 heterocycles. The molecule has 0 spiro atoms. The summed E-state index contributed by atoms with van der Waals surface area (Å²) in [5.74, 6) is 0. The molecule has 2 amide bonds. The van der Waals surface area contributed by atoms with Gasteiger partial charge in [-0.05, 0) is 48.4 Å². The minimum Gasteiger partial charge on any atom is -0.306 e. The summed E-state index contributed by atoms with van der Waals surface area (Å²) in [4.78, 5) is 12.9. The van der Waals surface area contributed by atoms with Gasteiger partial charge in [-0.3, -0.25) is 0 Å². The molecule has 0 radical (unpaired) electrons. The number of benzene rings is 3. The number of nitrogens with one attached hydrogen (secondary N) is 1. The maximum atomic E-state index is 13.0. The molecule has 1 atom stereocenters. The smallest absolute Gasteiger partial charge is 0.306 e. The minimum absolute atomic E-state index is 0.0429. The van der Waals surface area contributed by atoms with E-state index in [2.05, 4.69) is 10.4 Å². The fourth-order valence-corrected chi connectivity index (χ4v) is 3.86. The van der Waals surface area contributed by atoms with E-state index in [0.717, 1.165) is 23.3 Å². The van der Waals surface area contributed by atoms with Crippen LogP contribution < -0.4 is 5.32 Å². The fourth-order valence-electron chi connectivity index (χ4n) is 3.74. The Morgan fingerprint density at radius 2 is 1.72 bits per heavy atom. The predicted octanol–water partition coefficient (Wildman–Crippen LogP) is 6.57. The van der Waals surface area contributed by atoms with Crippen molar-refractivity contribution in [3.8, 4) is 0 Å².